The summed E-state index contributed by atoms with van der Waals surface area (Å²) in [5.74, 6) is -1.49. The second kappa shape index (κ2) is 5.33. The summed E-state index contributed by atoms with van der Waals surface area (Å²) in [6.07, 6.45) is -8.81. The normalized spacial score (nSPS) is 11.9. The zero-order valence-corrected chi connectivity index (χ0v) is 10.6. The maximum Gasteiger partial charge on any atom is 0.433 e. The molecule has 0 saturated heterocycles. The minimum absolute atomic E-state index is 0.345. The molecule has 1 N–H and O–H groups in total. The number of aromatic nitrogens is 1. The monoisotopic (exact) mass is 381 g/mol. The molecular formula is C9H5F5INO2. The number of carboxylic acid groups (broad SMARTS) is 1. The van der Waals surface area contributed by atoms with Crippen LogP contribution in [0.15, 0.2) is 6.07 Å². The SMILES string of the molecule is O=C(O)Cc1cc(C(F)(F)F)nc(I)c1C(F)F. The third kappa shape index (κ3) is 3.50. The second-order valence-electron chi connectivity index (χ2n) is 3.24. The van der Waals surface area contributed by atoms with Gasteiger partial charge in [0, 0.05) is 0 Å². The molecule has 0 radical (unpaired) electrons. The Bertz CT molecular complexity index is 475. The summed E-state index contributed by atoms with van der Waals surface area (Å²) in [6, 6.07) is 0.345. The van der Waals surface area contributed by atoms with Crippen molar-refractivity contribution in [1.82, 2.24) is 4.98 Å². The van der Waals surface area contributed by atoms with Crippen LogP contribution in [0.3, 0.4) is 0 Å². The van der Waals surface area contributed by atoms with Crippen LogP contribution in [0, 0.1) is 3.70 Å². The van der Waals surface area contributed by atoms with Gasteiger partial charge in [-0.1, -0.05) is 0 Å². The number of hydrogen-bond donors (Lipinski definition) is 1. The summed E-state index contributed by atoms with van der Waals surface area (Å²) < 4.78 is 62.0. The van der Waals surface area contributed by atoms with Crippen LogP contribution in [0.1, 0.15) is 23.2 Å². The van der Waals surface area contributed by atoms with Gasteiger partial charge in [-0.2, -0.15) is 13.2 Å². The quantitative estimate of drug-likeness (QED) is 0.497. The van der Waals surface area contributed by atoms with Crippen LogP contribution in [0.2, 0.25) is 0 Å². The van der Waals surface area contributed by atoms with E-state index in [9.17, 15) is 26.7 Å². The highest BCUT2D eigenvalue weighted by atomic mass is 127. The van der Waals surface area contributed by atoms with Crippen LogP contribution in [0.4, 0.5) is 22.0 Å². The van der Waals surface area contributed by atoms with Crippen molar-refractivity contribution in [2.24, 2.45) is 0 Å². The number of aliphatic carboxylic acids is 1. The molecule has 0 aliphatic carbocycles. The number of pyridine rings is 1. The largest absolute Gasteiger partial charge is 0.481 e. The van der Waals surface area contributed by atoms with Crippen LogP contribution in [0.25, 0.3) is 0 Å². The van der Waals surface area contributed by atoms with Crippen LogP contribution in [0.5, 0.6) is 0 Å². The number of carbonyl (C=O) groups is 1. The predicted molar refractivity (Wildman–Crippen MR) is 58.3 cm³/mol. The third-order valence-corrected chi connectivity index (χ3v) is 2.77. The van der Waals surface area contributed by atoms with Gasteiger partial charge in [-0.05, 0) is 34.2 Å². The van der Waals surface area contributed by atoms with Gasteiger partial charge in [0.05, 0.1) is 12.0 Å². The molecule has 0 saturated carbocycles. The van der Waals surface area contributed by atoms with E-state index in [2.05, 4.69) is 4.98 Å². The van der Waals surface area contributed by atoms with Gasteiger partial charge in [-0.3, -0.25) is 4.79 Å². The predicted octanol–water partition coefficient (Wildman–Crippen LogP) is 3.27. The van der Waals surface area contributed by atoms with E-state index in [1.165, 1.54) is 22.6 Å². The molecule has 1 aromatic rings. The number of carboxylic acids is 1. The maximum atomic E-state index is 12.6. The van der Waals surface area contributed by atoms with Crippen molar-refractivity contribution in [2.75, 3.05) is 0 Å². The maximum absolute atomic E-state index is 12.6. The smallest absolute Gasteiger partial charge is 0.433 e. The molecule has 1 rings (SSSR count). The zero-order chi connectivity index (χ0) is 14.1. The summed E-state index contributed by atoms with van der Waals surface area (Å²) >= 11 is 1.23. The topological polar surface area (TPSA) is 50.2 Å². The summed E-state index contributed by atoms with van der Waals surface area (Å²) in [6.45, 7) is 0. The molecule has 0 spiro atoms. The van der Waals surface area contributed by atoms with Crippen molar-refractivity contribution in [3.8, 4) is 0 Å². The number of halogens is 6. The molecule has 0 aliphatic heterocycles. The Morgan fingerprint density at radius 3 is 2.39 bits per heavy atom. The Hall–Kier alpha value is -1.00. The first-order valence-corrected chi connectivity index (χ1v) is 5.47. The standard InChI is InChI=1S/C9H5F5INO2/c10-7(11)6-3(2-5(17)18)1-4(9(12,13)14)16-8(6)15/h1,7H,2H2,(H,17,18). The van der Waals surface area contributed by atoms with Crippen molar-refractivity contribution in [3.63, 3.8) is 0 Å². The molecule has 18 heavy (non-hydrogen) atoms. The van der Waals surface area contributed by atoms with E-state index in [0.717, 1.165) is 0 Å². The third-order valence-electron chi connectivity index (χ3n) is 1.95. The highest BCUT2D eigenvalue weighted by Crippen LogP contribution is 2.34. The molecule has 0 unspecified atom stereocenters. The molecule has 100 valence electrons. The van der Waals surface area contributed by atoms with E-state index in [-0.39, 0.29) is 0 Å². The van der Waals surface area contributed by atoms with Gasteiger partial charge in [0.25, 0.3) is 6.43 Å². The minimum Gasteiger partial charge on any atom is -0.481 e. The van der Waals surface area contributed by atoms with E-state index in [4.69, 9.17) is 5.11 Å². The van der Waals surface area contributed by atoms with Gasteiger partial charge in [0.15, 0.2) is 0 Å². The van der Waals surface area contributed by atoms with Crippen molar-refractivity contribution in [2.45, 2.75) is 19.0 Å². The summed E-state index contributed by atoms with van der Waals surface area (Å²) in [5.41, 5.74) is -2.73. The van der Waals surface area contributed by atoms with E-state index in [1.54, 1.807) is 0 Å². The molecule has 0 bridgehead atoms. The fourth-order valence-corrected chi connectivity index (χ4v) is 2.10. The second-order valence-corrected chi connectivity index (χ2v) is 4.26. The lowest BCUT2D eigenvalue weighted by Crippen LogP contribution is -2.14. The fourth-order valence-electron chi connectivity index (χ4n) is 1.26. The van der Waals surface area contributed by atoms with Crippen molar-refractivity contribution in [1.29, 1.82) is 0 Å². The van der Waals surface area contributed by atoms with E-state index < -0.39 is 45.5 Å². The Morgan fingerprint density at radius 1 is 1.44 bits per heavy atom. The molecule has 0 aliphatic rings. The lowest BCUT2D eigenvalue weighted by Gasteiger charge is -2.13. The Kier molecular flexibility index (Phi) is 4.46. The summed E-state index contributed by atoms with van der Waals surface area (Å²) in [7, 11) is 0. The van der Waals surface area contributed by atoms with E-state index in [1.807, 2.05) is 0 Å². The van der Waals surface area contributed by atoms with E-state index >= 15 is 0 Å². The molecule has 0 atom stereocenters. The van der Waals surface area contributed by atoms with Crippen molar-refractivity contribution >= 4 is 28.6 Å². The summed E-state index contributed by atoms with van der Waals surface area (Å²) in [4.78, 5) is 13.5. The molecule has 0 fully saturated rings. The van der Waals surface area contributed by atoms with Crippen molar-refractivity contribution in [3.05, 3.63) is 26.6 Å². The molecule has 0 amide bonds. The average Bonchev–Trinajstić information content (AvgIpc) is 2.13. The summed E-state index contributed by atoms with van der Waals surface area (Å²) in [5, 5.41) is 8.51. The number of nitrogens with zero attached hydrogens (tertiary/aromatic N) is 1. The Balaban J connectivity index is 3.42. The zero-order valence-electron chi connectivity index (χ0n) is 8.43. The molecule has 0 aromatic carbocycles. The van der Waals surface area contributed by atoms with Crippen LogP contribution in [-0.4, -0.2) is 16.1 Å². The van der Waals surface area contributed by atoms with E-state index in [0.29, 0.717) is 6.07 Å². The van der Waals surface area contributed by atoms with Gasteiger partial charge in [0.2, 0.25) is 0 Å². The highest BCUT2D eigenvalue weighted by Gasteiger charge is 2.35. The van der Waals surface area contributed by atoms with Gasteiger partial charge in [-0.15, -0.1) is 0 Å². The first-order chi connectivity index (χ1) is 8.12. The number of hydrogen-bond acceptors (Lipinski definition) is 2. The first kappa shape index (κ1) is 15.1. The average molecular weight is 381 g/mol. The Morgan fingerprint density at radius 2 is 2.00 bits per heavy atom. The highest BCUT2D eigenvalue weighted by molar-refractivity contribution is 14.1. The number of alkyl halides is 5. The van der Waals surface area contributed by atoms with Gasteiger partial charge in [0.1, 0.15) is 9.39 Å². The lowest BCUT2D eigenvalue weighted by molar-refractivity contribution is -0.142. The number of rotatable bonds is 3. The van der Waals surface area contributed by atoms with Crippen LogP contribution < -0.4 is 0 Å². The molecule has 1 heterocycles. The van der Waals surface area contributed by atoms with Crippen LogP contribution >= 0.6 is 22.6 Å². The first-order valence-electron chi connectivity index (χ1n) is 4.39. The van der Waals surface area contributed by atoms with Gasteiger partial charge >= 0.3 is 12.1 Å². The van der Waals surface area contributed by atoms with Gasteiger partial charge in [-0.25, -0.2) is 13.8 Å². The molecule has 3 nitrogen and oxygen atoms in total. The molecule has 9 heteroatoms. The minimum atomic E-state index is -4.81. The molecule has 1 aromatic heterocycles. The van der Waals surface area contributed by atoms with Gasteiger partial charge < -0.3 is 5.11 Å². The van der Waals surface area contributed by atoms with Crippen LogP contribution in [-0.2, 0) is 17.4 Å². The van der Waals surface area contributed by atoms with Crippen molar-refractivity contribution < 1.29 is 31.9 Å². The fraction of sp³-hybridized carbons (Fsp3) is 0.333. The molecular weight excluding hydrogens is 376 g/mol. The lowest BCUT2D eigenvalue weighted by atomic mass is 10.1. The Labute approximate surface area is 111 Å².